The largest absolute Gasteiger partial charge is 0.390 e. The van der Waals surface area contributed by atoms with Gasteiger partial charge in [0, 0.05) is 23.5 Å². The van der Waals surface area contributed by atoms with Crippen LogP contribution in [0.1, 0.15) is 5.69 Å². The number of halogens is 1. The van der Waals surface area contributed by atoms with Crippen LogP contribution in [-0.4, -0.2) is 24.7 Å². The van der Waals surface area contributed by atoms with Crippen LogP contribution in [0.25, 0.3) is 26.8 Å². The molecule has 4 rings (SSSR count). The summed E-state index contributed by atoms with van der Waals surface area (Å²) in [5.74, 6) is -0.287. The third-order valence-corrected chi connectivity index (χ3v) is 4.43. The van der Waals surface area contributed by atoms with E-state index in [1.807, 2.05) is 12.1 Å². The van der Waals surface area contributed by atoms with E-state index in [1.54, 1.807) is 29.0 Å². The molecule has 114 valence electrons. The van der Waals surface area contributed by atoms with Crippen molar-refractivity contribution in [1.82, 2.24) is 19.6 Å². The fraction of sp³-hybridized carbons (Fsp3) is 0.0625. The summed E-state index contributed by atoms with van der Waals surface area (Å²) in [6.07, 6.45) is 3.39. The van der Waals surface area contributed by atoms with Gasteiger partial charge in [0.25, 0.3) is 0 Å². The fourth-order valence-corrected chi connectivity index (χ4v) is 3.30. The van der Waals surface area contributed by atoms with Gasteiger partial charge in [-0.1, -0.05) is 11.3 Å². The molecule has 0 radical (unpaired) electrons. The Morgan fingerprint density at radius 1 is 1.13 bits per heavy atom. The van der Waals surface area contributed by atoms with Gasteiger partial charge in [0.2, 0.25) is 4.96 Å². The number of benzene rings is 1. The van der Waals surface area contributed by atoms with Crippen LogP contribution >= 0.6 is 11.3 Å². The lowest BCUT2D eigenvalue weighted by atomic mass is 10.2. The molecule has 0 aliphatic heterocycles. The molecule has 4 aromatic rings. The van der Waals surface area contributed by atoms with Crippen LogP contribution in [0.3, 0.4) is 0 Å². The van der Waals surface area contributed by atoms with Crippen molar-refractivity contribution in [2.45, 2.75) is 6.61 Å². The highest BCUT2D eigenvalue weighted by molar-refractivity contribution is 7.19. The van der Waals surface area contributed by atoms with Gasteiger partial charge in [-0.2, -0.15) is 5.10 Å². The maximum atomic E-state index is 13.0. The fourth-order valence-electron chi connectivity index (χ4n) is 2.38. The Bertz CT molecular complexity index is 963. The minimum atomic E-state index is -0.287. The van der Waals surface area contributed by atoms with Gasteiger partial charge < -0.3 is 5.11 Å². The summed E-state index contributed by atoms with van der Waals surface area (Å²) in [7, 11) is 0. The number of aromatic nitrogens is 4. The predicted octanol–water partition coefficient (Wildman–Crippen LogP) is 3.15. The average Bonchev–Trinajstić information content (AvgIpc) is 3.13. The van der Waals surface area contributed by atoms with Gasteiger partial charge in [-0.25, -0.2) is 13.9 Å². The SMILES string of the molecule is OCc1c(-c2cccnc2)nc2sc(-c3ccc(F)cc3)nn12. The van der Waals surface area contributed by atoms with E-state index >= 15 is 0 Å². The highest BCUT2D eigenvalue weighted by Gasteiger charge is 2.18. The number of aliphatic hydroxyl groups is 1. The van der Waals surface area contributed by atoms with E-state index in [0.29, 0.717) is 16.3 Å². The lowest BCUT2D eigenvalue weighted by molar-refractivity contribution is 0.275. The molecule has 0 unspecified atom stereocenters. The van der Waals surface area contributed by atoms with Crippen molar-refractivity contribution in [2.24, 2.45) is 0 Å². The van der Waals surface area contributed by atoms with Gasteiger partial charge in [0.15, 0.2) is 0 Å². The highest BCUT2D eigenvalue weighted by Crippen LogP contribution is 2.30. The summed E-state index contributed by atoms with van der Waals surface area (Å²) in [5.41, 5.74) is 2.92. The van der Waals surface area contributed by atoms with Crippen molar-refractivity contribution in [3.8, 4) is 21.8 Å². The number of pyridine rings is 1. The van der Waals surface area contributed by atoms with E-state index in [2.05, 4.69) is 15.1 Å². The molecule has 23 heavy (non-hydrogen) atoms. The summed E-state index contributed by atoms with van der Waals surface area (Å²) in [4.78, 5) is 9.32. The van der Waals surface area contributed by atoms with E-state index in [0.717, 1.165) is 16.1 Å². The van der Waals surface area contributed by atoms with Crippen molar-refractivity contribution < 1.29 is 9.50 Å². The molecule has 5 nitrogen and oxygen atoms in total. The van der Waals surface area contributed by atoms with Gasteiger partial charge in [0.05, 0.1) is 18.0 Å². The minimum absolute atomic E-state index is 0.183. The van der Waals surface area contributed by atoms with Crippen molar-refractivity contribution in [3.63, 3.8) is 0 Å². The third-order valence-electron chi connectivity index (χ3n) is 3.47. The summed E-state index contributed by atoms with van der Waals surface area (Å²) < 4.78 is 14.7. The lowest BCUT2D eigenvalue weighted by Gasteiger charge is -2.00. The van der Waals surface area contributed by atoms with Crippen LogP contribution in [0.2, 0.25) is 0 Å². The number of hydrogen-bond acceptors (Lipinski definition) is 5. The quantitative estimate of drug-likeness (QED) is 0.628. The minimum Gasteiger partial charge on any atom is -0.390 e. The smallest absolute Gasteiger partial charge is 0.213 e. The molecule has 0 spiro atoms. The third kappa shape index (κ3) is 2.39. The molecule has 0 fully saturated rings. The zero-order valence-electron chi connectivity index (χ0n) is 11.8. The van der Waals surface area contributed by atoms with Gasteiger partial charge in [0.1, 0.15) is 10.8 Å². The van der Waals surface area contributed by atoms with Crippen LogP contribution < -0.4 is 0 Å². The highest BCUT2D eigenvalue weighted by atomic mass is 32.1. The molecule has 1 N–H and O–H groups in total. The molecule has 0 atom stereocenters. The summed E-state index contributed by atoms with van der Waals surface area (Å²) in [5, 5.41) is 14.9. The number of fused-ring (bicyclic) bond motifs is 1. The van der Waals surface area contributed by atoms with E-state index in [1.165, 1.54) is 23.5 Å². The predicted molar refractivity (Wildman–Crippen MR) is 85.4 cm³/mol. The van der Waals surface area contributed by atoms with E-state index in [9.17, 15) is 9.50 Å². The summed E-state index contributed by atoms with van der Waals surface area (Å²) in [6.45, 7) is -0.183. The molecule has 0 aliphatic rings. The number of aliphatic hydroxyl groups excluding tert-OH is 1. The summed E-state index contributed by atoms with van der Waals surface area (Å²) in [6, 6.07) is 9.85. The molecule has 1 aromatic carbocycles. The second kappa shape index (κ2) is 5.53. The maximum Gasteiger partial charge on any atom is 0.213 e. The van der Waals surface area contributed by atoms with Gasteiger partial charge >= 0.3 is 0 Å². The van der Waals surface area contributed by atoms with Gasteiger partial charge in [-0.15, -0.1) is 0 Å². The second-order valence-corrected chi connectivity index (χ2v) is 5.87. The summed E-state index contributed by atoms with van der Waals surface area (Å²) >= 11 is 1.39. The van der Waals surface area contributed by atoms with Crippen molar-refractivity contribution in [2.75, 3.05) is 0 Å². The molecule has 3 aromatic heterocycles. The first-order valence-corrected chi connectivity index (χ1v) is 7.73. The van der Waals surface area contributed by atoms with E-state index in [-0.39, 0.29) is 12.4 Å². The molecular weight excluding hydrogens is 315 g/mol. The zero-order chi connectivity index (χ0) is 15.8. The molecular formula is C16H11FN4OS. The van der Waals surface area contributed by atoms with Crippen LogP contribution in [0.5, 0.6) is 0 Å². The molecule has 0 saturated heterocycles. The van der Waals surface area contributed by atoms with Crippen molar-refractivity contribution in [3.05, 3.63) is 60.3 Å². The van der Waals surface area contributed by atoms with Crippen LogP contribution in [0.4, 0.5) is 4.39 Å². The second-order valence-electron chi connectivity index (χ2n) is 4.92. The van der Waals surface area contributed by atoms with Crippen molar-refractivity contribution in [1.29, 1.82) is 0 Å². The standard InChI is InChI=1S/C16H11FN4OS/c17-12-5-3-10(4-6-12)15-20-21-13(9-22)14(19-16(21)23-15)11-2-1-7-18-8-11/h1-8,22H,9H2. The molecule has 7 heteroatoms. The van der Waals surface area contributed by atoms with Gasteiger partial charge in [-0.05, 0) is 36.4 Å². The normalized spacial score (nSPS) is 11.2. The molecule has 0 saturated carbocycles. The zero-order valence-corrected chi connectivity index (χ0v) is 12.7. The Hall–Kier alpha value is -2.64. The Morgan fingerprint density at radius 3 is 2.65 bits per heavy atom. The van der Waals surface area contributed by atoms with Crippen LogP contribution in [0, 0.1) is 5.82 Å². The van der Waals surface area contributed by atoms with Gasteiger partial charge in [-0.3, -0.25) is 4.98 Å². The Balaban J connectivity index is 1.85. The number of nitrogens with zero attached hydrogens (tertiary/aromatic N) is 4. The van der Waals surface area contributed by atoms with E-state index in [4.69, 9.17) is 0 Å². The topological polar surface area (TPSA) is 63.3 Å². The lowest BCUT2D eigenvalue weighted by Crippen LogP contribution is -1.96. The molecule has 0 aliphatic carbocycles. The van der Waals surface area contributed by atoms with Crippen LogP contribution in [-0.2, 0) is 6.61 Å². The van der Waals surface area contributed by atoms with Crippen LogP contribution in [0.15, 0.2) is 48.8 Å². The Morgan fingerprint density at radius 2 is 1.96 bits per heavy atom. The molecule has 0 amide bonds. The number of hydrogen-bond donors (Lipinski definition) is 1. The monoisotopic (exact) mass is 326 g/mol. The van der Waals surface area contributed by atoms with Crippen molar-refractivity contribution >= 4 is 16.3 Å². The van der Waals surface area contributed by atoms with E-state index < -0.39 is 0 Å². The average molecular weight is 326 g/mol. The first kappa shape index (κ1) is 14.0. The maximum absolute atomic E-state index is 13.0. The molecule has 3 heterocycles. The number of rotatable bonds is 3. The first-order valence-electron chi connectivity index (χ1n) is 6.92. The number of imidazole rings is 1. The Labute approximate surface area is 134 Å². The first-order chi connectivity index (χ1) is 11.3. The Kier molecular flexibility index (Phi) is 3.36. The molecule has 0 bridgehead atoms.